The van der Waals surface area contributed by atoms with Crippen LogP contribution in [-0.4, -0.2) is 31.8 Å². The molecule has 1 fully saturated rings. The average molecular weight is 453 g/mol. The van der Waals surface area contributed by atoms with Crippen LogP contribution in [0.2, 0.25) is 0 Å². The largest absolute Gasteiger partial charge is 0.497 e. The highest BCUT2D eigenvalue weighted by molar-refractivity contribution is 8.00. The number of rotatable bonds is 6. The fourth-order valence-corrected chi connectivity index (χ4v) is 4.65. The third kappa shape index (κ3) is 4.55. The molecule has 0 unspecified atom stereocenters. The Bertz CT molecular complexity index is 1150. The first-order valence-electron chi connectivity index (χ1n) is 9.82. The number of hydrogen-bond donors (Lipinski definition) is 1. The normalized spacial score (nSPS) is 15.5. The van der Waals surface area contributed by atoms with E-state index in [4.69, 9.17) is 9.47 Å². The minimum absolute atomic E-state index is 0.0940. The number of anilines is 2. The highest BCUT2D eigenvalue weighted by atomic mass is 32.2. The van der Waals surface area contributed by atoms with Crippen molar-refractivity contribution in [2.24, 2.45) is 0 Å². The number of hydrogen-bond acceptors (Lipinski definition) is 5. The Morgan fingerprint density at radius 3 is 2.44 bits per heavy atom. The van der Waals surface area contributed by atoms with Gasteiger partial charge in [-0.05, 0) is 48.0 Å². The molecule has 32 heavy (non-hydrogen) atoms. The number of halogens is 1. The van der Waals surface area contributed by atoms with E-state index in [2.05, 4.69) is 5.32 Å². The number of ether oxygens (including phenoxy) is 2. The van der Waals surface area contributed by atoms with E-state index in [1.54, 1.807) is 41.3 Å². The predicted molar refractivity (Wildman–Crippen MR) is 123 cm³/mol. The molecule has 164 valence electrons. The zero-order valence-corrected chi connectivity index (χ0v) is 18.3. The zero-order valence-electron chi connectivity index (χ0n) is 17.5. The van der Waals surface area contributed by atoms with Crippen LogP contribution < -0.4 is 19.7 Å². The van der Waals surface area contributed by atoms with Crippen molar-refractivity contribution in [1.29, 1.82) is 0 Å². The van der Waals surface area contributed by atoms with Gasteiger partial charge < -0.3 is 14.8 Å². The van der Waals surface area contributed by atoms with E-state index in [0.717, 1.165) is 5.56 Å². The van der Waals surface area contributed by atoms with E-state index in [1.807, 2.05) is 18.2 Å². The van der Waals surface area contributed by atoms with Crippen LogP contribution in [0.25, 0.3) is 0 Å². The Morgan fingerprint density at radius 2 is 1.75 bits per heavy atom. The summed E-state index contributed by atoms with van der Waals surface area (Å²) in [4.78, 5) is 26.9. The molecule has 0 saturated carbocycles. The van der Waals surface area contributed by atoms with Crippen molar-refractivity contribution in [3.63, 3.8) is 0 Å². The van der Waals surface area contributed by atoms with Crippen molar-refractivity contribution >= 4 is 35.0 Å². The molecule has 0 aliphatic carbocycles. The molecular formula is C24H21FN2O4S. The van der Waals surface area contributed by atoms with Gasteiger partial charge in [-0.3, -0.25) is 14.5 Å². The molecule has 0 bridgehead atoms. The first kappa shape index (κ1) is 21.7. The van der Waals surface area contributed by atoms with Crippen molar-refractivity contribution in [2.75, 3.05) is 30.2 Å². The summed E-state index contributed by atoms with van der Waals surface area (Å²) in [7, 11) is 3.04. The topological polar surface area (TPSA) is 67.9 Å². The van der Waals surface area contributed by atoms with Crippen LogP contribution in [0.4, 0.5) is 15.8 Å². The summed E-state index contributed by atoms with van der Waals surface area (Å²) in [6.07, 6.45) is 0. The number of thioether (sulfide) groups is 1. The van der Waals surface area contributed by atoms with Gasteiger partial charge in [0, 0.05) is 23.0 Å². The van der Waals surface area contributed by atoms with Gasteiger partial charge in [-0.15, -0.1) is 11.8 Å². The van der Waals surface area contributed by atoms with Gasteiger partial charge >= 0.3 is 0 Å². The fraction of sp³-hybridized carbons (Fsp3) is 0.167. The number of carbonyl (C=O) groups is 2. The molecule has 1 N–H and O–H groups in total. The predicted octanol–water partition coefficient (Wildman–Crippen LogP) is 4.87. The summed E-state index contributed by atoms with van der Waals surface area (Å²) >= 11 is 1.45. The van der Waals surface area contributed by atoms with Gasteiger partial charge in [-0.1, -0.05) is 18.2 Å². The summed E-state index contributed by atoms with van der Waals surface area (Å²) in [6.45, 7) is 0. The van der Waals surface area contributed by atoms with Crippen molar-refractivity contribution in [1.82, 2.24) is 0 Å². The lowest BCUT2D eigenvalue weighted by atomic mass is 10.1. The van der Waals surface area contributed by atoms with E-state index in [0.29, 0.717) is 34.2 Å². The van der Waals surface area contributed by atoms with Crippen LogP contribution in [0, 0.1) is 5.82 Å². The molecule has 3 aromatic carbocycles. The molecule has 2 amide bonds. The summed E-state index contributed by atoms with van der Waals surface area (Å²) < 4.78 is 24.2. The average Bonchev–Trinajstić information content (AvgIpc) is 3.20. The molecule has 0 aromatic heterocycles. The SMILES string of the molecule is COc1cc(OC)cc(C(=O)Nc2cccc([C@H]3SCC(=O)N3c3cccc(F)c3)c2)c1. The number of nitrogens with zero attached hydrogens (tertiary/aromatic N) is 1. The number of nitrogens with one attached hydrogen (secondary N) is 1. The lowest BCUT2D eigenvalue weighted by Crippen LogP contribution is -2.27. The minimum atomic E-state index is -0.402. The summed E-state index contributed by atoms with van der Waals surface area (Å²) in [6, 6.07) is 18.2. The Labute approximate surface area is 189 Å². The standard InChI is InChI=1S/C24H21FN2O4S/c1-30-20-10-16(11-21(13-20)31-2)23(29)26-18-7-3-5-15(9-18)24-27(22(28)14-32-24)19-8-4-6-17(25)12-19/h3-13,24H,14H2,1-2H3,(H,26,29)/t24-/m1/s1. The van der Waals surface area contributed by atoms with E-state index in [-0.39, 0.29) is 17.2 Å². The summed E-state index contributed by atoms with van der Waals surface area (Å²) in [5.74, 6) is 0.492. The van der Waals surface area contributed by atoms with Crippen LogP contribution in [0.15, 0.2) is 66.7 Å². The molecule has 0 spiro atoms. The highest BCUT2D eigenvalue weighted by Crippen LogP contribution is 2.42. The monoisotopic (exact) mass is 452 g/mol. The van der Waals surface area contributed by atoms with Gasteiger partial charge in [0.2, 0.25) is 5.91 Å². The van der Waals surface area contributed by atoms with Gasteiger partial charge in [0.05, 0.1) is 20.0 Å². The second kappa shape index (κ2) is 9.32. The van der Waals surface area contributed by atoms with Gasteiger partial charge in [-0.2, -0.15) is 0 Å². The maximum absolute atomic E-state index is 13.7. The number of methoxy groups -OCH3 is 2. The van der Waals surface area contributed by atoms with Crippen molar-refractivity contribution < 1.29 is 23.5 Å². The van der Waals surface area contributed by atoms with Gasteiger partial charge in [-0.25, -0.2) is 4.39 Å². The Balaban J connectivity index is 1.58. The molecule has 0 radical (unpaired) electrons. The zero-order chi connectivity index (χ0) is 22.7. The molecule has 4 rings (SSSR count). The number of amides is 2. The molecule has 6 nitrogen and oxygen atoms in total. The Kier molecular flexibility index (Phi) is 6.32. The fourth-order valence-electron chi connectivity index (χ4n) is 3.49. The quantitative estimate of drug-likeness (QED) is 0.578. The molecule has 1 aliphatic heterocycles. The molecule has 1 saturated heterocycles. The van der Waals surface area contributed by atoms with Gasteiger partial charge in [0.25, 0.3) is 5.91 Å². The molecule has 3 aromatic rings. The first-order chi connectivity index (χ1) is 15.5. The number of carbonyl (C=O) groups excluding carboxylic acids is 2. The number of benzene rings is 3. The van der Waals surface area contributed by atoms with Crippen molar-refractivity contribution in [2.45, 2.75) is 5.37 Å². The third-order valence-electron chi connectivity index (χ3n) is 5.00. The van der Waals surface area contributed by atoms with Gasteiger partial charge in [0.1, 0.15) is 22.7 Å². The maximum atomic E-state index is 13.7. The van der Waals surface area contributed by atoms with E-state index < -0.39 is 5.82 Å². The van der Waals surface area contributed by atoms with Crippen LogP contribution >= 0.6 is 11.8 Å². The summed E-state index contributed by atoms with van der Waals surface area (Å²) in [5, 5.41) is 2.56. The van der Waals surface area contributed by atoms with E-state index in [1.165, 1.54) is 38.1 Å². The second-order valence-electron chi connectivity index (χ2n) is 7.09. The summed E-state index contributed by atoms with van der Waals surface area (Å²) in [5.41, 5.74) is 2.29. The van der Waals surface area contributed by atoms with Crippen LogP contribution in [0.3, 0.4) is 0 Å². The Morgan fingerprint density at radius 1 is 1.03 bits per heavy atom. The highest BCUT2D eigenvalue weighted by Gasteiger charge is 2.34. The molecular weight excluding hydrogens is 431 g/mol. The van der Waals surface area contributed by atoms with Crippen LogP contribution in [0.1, 0.15) is 21.3 Å². The van der Waals surface area contributed by atoms with Crippen LogP contribution in [0.5, 0.6) is 11.5 Å². The van der Waals surface area contributed by atoms with E-state index in [9.17, 15) is 14.0 Å². The first-order valence-corrected chi connectivity index (χ1v) is 10.9. The molecule has 8 heteroatoms. The third-order valence-corrected chi connectivity index (χ3v) is 6.21. The van der Waals surface area contributed by atoms with Crippen molar-refractivity contribution in [3.05, 3.63) is 83.7 Å². The smallest absolute Gasteiger partial charge is 0.255 e. The van der Waals surface area contributed by atoms with Crippen molar-refractivity contribution in [3.8, 4) is 11.5 Å². The lowest BCUT2D eigenvalue weighted by molar-refractivity contribution is -0.115. The van der Waals surface area contributed by atoms with E-state index >= 15 is 0 Å². The van der Waals surface area contributed by atoms with Gasteiger partial charge in [0.15, 0.2) is 0 Å². The molecule has 1 aliphatic rings. The molecule has 1 atom stereocenters. The van der Waals surface area contributed by atoms with Crippen LogP contribution in [-0.2, 0) is 4.79 Å². The lowest BCUT2D eigenvalue weighted by Gasteiger charge is -2.24. The Hall–Kier alpha value is -3.52. The minimum Gasteiger partial charge on any atom is -0.497 e. The maximum Gasteiger partial charge on any atom is 0.255 e. The second-order valence-corrected chi connectivity index (χ2v) is 8.16. The molecule has 1 heterocycles.